The average Bonchev–Trinajstić information content (AvgIpc) is 2.46. The lowest BCUT2D eigenvalue weighted by atomic mass is 10.7. The van der Waals surface area contributed by atoms with Gasteiger partial charge in [-0.2, -0.15) is 0 Å². The number of aliphatic hydroxyl groups is 1. The Morgan fingerprint density at radius 1 is 0.826 bits per heavy atom. The number of hydrogen-bond donors (Lipinski definition) is 4. The molecule has 0 heterocycles. The molecule has 0 radical (unpaired) electrons. The summed E-state index contributed by atoms with van der Waals surface area (Å²) in [5.41, 5.74) is 9.51. The molecule has 2 atom stereocenters. The Hall–Kier alpha value is -0.880. The highest BCUT2D eigenvalue weighted by atomic mass is 31.2. The molecule has 2 unspecified atom stereocenters. The normalized spacial score (nSPS) is 16.4. The minimum atomic E-state index is -4.55. The van der Waals surface area contributed by atoms with Crippen molar-refractivity contribution in [3.8, 4) is 0 Å². The van der Waals surface area contributed by atoms with Crippen molar-refractivity contribution in [1.29, 1.82) is 0 Å². The van der Waals surface area contributed by atoms with Crippen LogP contribution in [0.5, 0.6) is 0 Å². The van der Waals surface area contributed by atoms with E-state index in [-0.39, 0.29) is 0 Å². The topological polar surface area (TPSA) is 207 Å². The maximum absolute atomic E-state index is 12.0. The number of aliphatic hydroxyl groups excluding tert-OH is 1. The van der Waals surface area contributed by atoms with Gasteiger partial charge in [0.15, 0.2) is 0 Å². The summed E-state index contributed by atoms with van der Waals surface area (Å²) in [6, 6.07) is 0. The number of phosphoric acid groups is 2. The highest BCUT2D eigenvalue weighted by Gasteiger charge is 2.28. The molecule has 0 rings (SSSR count). The molecule has 0 saturated heterocycles. The van der Waals surface area contributed by atoms with Gasteiger partial charge in [0.25, 0.3) is 0 Å². The summed E-state index contributed by atoms with van der Waals surface area (Å²) in [5.74, 6) is -1.93. The zero-order chi connectivity index (χ0) is 17.9. The van der Waals surface area contributed by atoms with Crippen molar-refractivity contribution in [1.82, 2.24) is 0 Å². The van der Waals surface area contributed by atoms with E-state index in [4.69, 9.17) is 26.0 Å². The van der Waals surface area contributed by atoms with Crippen molar-refractivity contribution in [2.45, 2.75) is 0 Å². The number of phosphoric ester groups is 2. The van der Waals surface area contributed by atoms with E-state index in [9.17, 15) is 18.7 Å². The van der Waals surface area contributed by atoms with Crippen LogP contribution in [-0.2, 0) is 41.3 Å². The number of hydrogen-bond acceptors (Lipinski definition) is 10. The van der Waals surface area contributed by atoms with Gasteiger partial charge in [-0.15, -0.1) is 0 Å². The minimum absolute atomic E-state index is 0.420. The summed E-state index contributed by atoms with van der Waals surface area (Å²) in [6.07, 6.45) is 0. The van der Waals surface area contributed by atoms with Crippen LogP contribution in [0.4, 0.5) is 0 Å². The number of rotatable bonds is 14. The molecule has 0 aromatic rings. The maximum Gasteiger partial charge on any atom is 0.475 e. The molecular formula is C8H18N2O11P2. The number of carbonyl (C=O) groups excluding carboxylic acids is 2. The van der Waals surface area contributed by atoms with Gasteiger partial charge >= 0.3 is 15.6 Å². The van der Waals surface area contributed by atoms with Crippen molar-refractivity contribution in [3.05, 3.63) is 0 Å². The van der Waals surface area contributed by atoms with Crippen LogP contribution in [0.25, 0.3) is 0 Å². The van der Waals surface area contributed by atoms with E-state index >= 15 is 0 Å². The van der Waals surface area contributed by atoms with Crippen molar-refractivity contribution in [3.63, 3.8) is 0 Å². The monoisotopic (exact) mass is 380 g/mol. The molecule has 0 aliphatic rings. The Balaban J connectivity index is 4.29. The molecule has 0 aliphatic heterocycles. The molecule has 2 amide bonds. The van der Waals surface area contributed by atoms with Crippen LogP contribution in [-0.4, -0.2) is 61.5 Å². The molecule has 0 aromatic carbocycles. The largest absolute Gasteiger partial charge is 0.475 e. The van der Waals surface area contributed by atoms with E-state index in [1.807, 2.05) is 0 Å². The molecular weight excluding hydrogens is 362 g/mol. The molecule has 0 saturated carbocycles. The van der Waals surface area contributed by atoms with Crippen LogP contribution in [0.15, 0.2) is 0 Å². The second kappa shape index (κ2) is 10.8. The molecule has 6 N–H and O–H groups in total. The van der Waals surface area contributed by atoms with E-state index in [0.29, 0.717) is 0 Å². The molecule has 15 heteroatoms. The Kier molecular flexibility index (Phi) is 10.4. The summed E-state index contributed by atoms with van der Waals surface area (Å²) in [5, 5.41) is 8.59. The standard InChI is InChI=1S/C8H18N2O11P2/c9-7(12)5-20-22(14,15)17-3-4-19-23(16,18-2-1-11)21-6-8(10)13/h11H,1-6H2,(H2,9,12)(H2,10,13)(H,14,15). The summed E-state index contributed by atoms with van der Waals surface area (Å²) >= 11 is 0. The third-order valence-corrected chi connectivity index (χ3v) is 4.07. The molecule has 0 aromatic heterocycles. The summed E-state index contributed by atoms with van der Waals surface area (Å²) < 4.78 is 45.6. The molecule has 0 bridgehead atoms. The SMILES string of the molecule is NC(=O)COP(=O)(O)OCCOP(=O)(OCCO)OCC(N)=O. The highest BCUT2D eigenvalue weighted by molar-refractivity contribution is 7.48. The van der Waals surface area contributed by atoms with E-state index in [1.165, 1.54) is 0 Å². The summed E-state index contributed by atoms with van der Waals surface area (Å²) in [7, 11) is -8.78. The van der Waals surface area contributed by atoms with Crippen LogP contribution < -0.4 is 11.5 Å². The van der Waals surface area contributed by atoms with E-state index in [0.717, 1.165) is 0 Å². The van der Waals surface area contributed by atoms with E-state index in [2.05, 4.69) is 18.1 Å². The second-order valence-corrected chi connectivity index (χ2v) is 6.74. The number of carbonyl (C=O) groups is 2. The zero-order valence-electron chi connectivity index (χ0n) is 11.9. The number of amides is 2. The average molecular weight is 380 g/mol. The van der Waals surface area contributed by atoms with E-state index < -0.39 is 67.1 Å². The van der Waals surface area contributed by atoms with Crippen molar-refractivity contribution < 1.29 is 51.3 Å². The third kappa shape index (κ3) is 12.2. The molecule has 23 heavy (non-hydrogen) atoms. The maximum atomic E-state index is 12.0. The van der Waals surface area contributed by atoms with Crippen molar-refractivity contribution >= 4 is 27.5 Å². The van der Waals surface area contributed by atoms with Crippen LogP contribution in [0.3, 0.4) is 0 Å². The van der Waals surface area contributed by atoms with Gasteiger partial charge in [0.1, 0.15) is 13.2 Å². The molecule has 0 aliphatic carbocycles. The van der Waals surface area contributed by atoms with E-state index in [1.54, 1.807) is 0 Å². The molecule has 13 nitrogen and oxygen atoms in total. The Labute approximate surface area is 131 Å². The van der Waals surface area contributed by atoms with Crippen LogP contribution in [0.2, 0.25) is 0 Å². The summed E-state index contributed by atoms with van der Waals surface area (Å²) in [4.78, 5) is 30.1. The Morgan fingerprint density at radius 3 is 1.83 bits per heavy atom. The van der Waals surface area contributed by atoms with Gasteiger partial charge in [0, 0.05) is 0 Å². The van der Waals surface area contributed by atoms with Crippen molar-refractivity contribution in [2.24, 2.45) is 11.5 Å². The Morgan fingerprint density at radius 2 is 1.30 bits per heavy atom. The fourth-order valence-corrected chi connectivity index (χ4v) is 2.67. The molecule has 136 valence electrons. The van der Waals surface area contributed by atoms with Gasteiger partial charge in [-0.3, -0.25) is 32.2 Å². The minimum Gasteiger partial charge on any atom is -0.394 e. The lowest BCUT2D eigenvalue weighted by Gasteiger charge is -2.17. The fourth-order valence-electron chi connectivity index (χ4n) is 0.891. The fraction of sp³-hybridized carbons (Fsp3) is 0.750. The third-order valence-electron chi connectivity index (χ3n) is 1.66. The first kappa shape index (κ1) is 22.1. The molecule has 0 fully saturated rings. The van der Waals surface area contributed by atoms with Gasteiger partial charge < -0.3 is 21.5 Å². The van der Waals surface area contributed by atoms with Crippen LogP contribution >= 0.6 is 15.6 Å². The lowest BCUT2D eigenvalue weighted by molar-refractivity contribution is -0.121. The van der Waals surface area contributed by atoms with Crippen LogP contribution in [0.1, 0.15) is 0 Å². The number of nitrogens with two attached hydrogens (primary N) is 2. The highest BCUT2D eigenvalue weighted by Crippen LogP contribution is 2.49. The quantitative estimate of drug-likeness (QED) is 0.196. The van der Waals surface area contributed by atoms with Gasteiger partial charge in [0.05, 0.1) is 26.4 Å². The van der Waals surface area contributed by atoms with Gasteiger partial charge in [-0.25, -0.2) is 9.13 Å². The summed E-state index contributed by atoms with van der Waals surface area (Å²) in [6.45, 7) is -3.70. The second-order valence-electron chi connectivity index (χ2n) is 3.62. The predicted molar refractivity (Wildman–Crippen MR) is 72.7 cm³/mol. The first-order valence-electron chi connectivity index (χ1n) is 5.93. The molecule has 0 spiro atoms. The number of primary amides is 2. The zero-order valence-corrected chi connectivity index (χ0v) is 13.6. The van der Waals surface area contributed by atoms with Gasteiger partial charge in [-0.05, 0) is 0 Å². The first-order chi connectivity index (χ1) is 10.6. The van der Waals surface area contributed by atoms with Gasteiger partial charge in [0.2, 0.25) is 11.8 Å². The Bertz CT molecular complexity index is 485. The lowest BCUT2D eigenvalue weighted by Crippen LogP contribution is -2.19. The first-order valence-corrected chi connectivity index (χ1v) is 8.89. The van der Waals surface area contributed by atoms with Crippen molar-refractivity contribution in [2.75, 3.05) is 39.6 Å². The smallest absolute Gasteiger partial charge is 0.394 e. The predicted octanol–water partition coefficient (Wildman–Crippen LogP) is -1.76. The van der Waals surface area contributed by atoms with Crippen LogP contribution in [0, 0.1) is 0 Å². The van der Waals surface area contributed by atoms with Gasteiger partial charge in [-0.1, -0.05) is 0 Å².